The zero-order chi connectivity index (χ0) is 86.9. The van der Waals surface area contributed by atoms with Gasteiger partial charge in [0.15, 0.2) is 52.4 Å². The van der Waals surface area contributed by atoms with Crippen LogP contribution in [-0.4, -0.2) is 44.9 Å². The van der Waals surface area contributed by atoms with E-state index in [0.29, 0.717) is 52.4 Å². The SMILES string of the molecule is c1ccc2cc(-c3ccc(-c4nc(-c5cccc6oc7ccccc7c56)nc(-c5cccc6oc7ccccc7c56)n4)cc3)ccc2c1.c1ccc2cc(-c3nc(-c4ccc5c(c4)oc4ccccc45)nc(-c4ccc5c(c4)oc4ccccc45)n3)ccc2c1.c1ccc2cc(-c3nc(-c4ccc5oc6ccccc6c5c4)nc(-c4ccc5oc6ccccc6c5c4)n3)ccc2c1. The number of para-hydroxylation sites is 6. The molecular formula is C117H67N9O6. The second kappa shape index (κ2) is 30.8. The third-order valence-corrected chi connectivity index (χ3v) is 25.0. The highest BCUT2D eigenvalue weighted by molar-refractivity contribution is 6.15. The molecule has 0 spiro atoms. The van der Waals surface area contributed by atoms with E-state index in [2.05, 4.69) is 212 Å². The summed E-state index contributed by atoms with van der Waals surface area (Å²) in [7, 11) is 0. The molecule has 0 radical (unpaired) electrons. The van der Waals surface area contributed by atoms with E-state index < -0.39 is 0 Å². The molecular weight excluding hydrogens is 1630 g/mol. The van der Waals surface area contributed by atoms with Crippen molar-refractivity contribution < 1.29 is 26.5 Å². The van der Waals surface area contributed by atoms with Crippen LogP contribution in [0.2, 0.25) is 0 Å². The van der Waals surface area contributed by atoms with Gasteiger partial charge < -0.3 is 26.5 Å². The molecule has 0 unspecified atom stereocenters. The highest BCUT2D eigenvalue weighted by atomic mass is 16.3. The molecule has 0 amide bonds. The first-order chi connectivity index (χ1) is 65.3. The van der Waals surface area contributed by atoms with Gasteiger partial charge >= 0.3 is 0 Å². The highest BCUT2D eigenvalue weighted by Crippen LogP contribution is 2.44. The minimum Gasteiger partial charge on any atom is -0.456 e. The Balaban J connectivity index is 0.000000104. The average Bonchev–Trinajstić information content (AvgIpc) is 1.59. The van der Waals surface area contributed by atoms with Gasteiger partial charge in [-0.25, -0.2) is 44.9 Å². The molecule has 0 fully saturated rings. The van der Waals surface area contributed by atoms with Crippen molar-refractivity contribution in [3.8, 4) is 114 Å². The first-order valence-electron chi connectivity index (χ1n) is 43.6. The number of rotatable bonds is 10. The van der Waals surface area contributed by atoms with E-state index in [1.165, 1.54) is 21.5 Å². The molecule has 0 atom stereocenters. The maximum Gasteiger partial charge on any atom is 0.164 e. The molecule has 0 saturated carbocycles. The lowest BCUT2D eigenvalue weighted by Crippen LogP contribution is -2.00. The van der Waals surface area contributed by atoms with Crippen molar-refractivity contribution in [1.82, 2.24) is 44.9 Å². The van der Waals surface area contributed by atoms with E-state index in [0.717, 1.165) is 204 Å². The summed E-state index contributed by atoms with van der Waals surface area (Å²) in [4.78, 5) is 45.4. The molecule has 0 aliphatic rings. The first kappa shape index (κ1) is 75.1. The molecule has 28 rings (SSSR count). The fourth-order valence-electron chi connectivity index (χ4n) is 18.5. The number of nitrogens with zero attached hydrogens (tertiary/aromatic N) is 9. The Morgan fingerprint density at radius 3 is 0.758 bits per heavy atom. The van der Waals surface area contributed by atoms with Gasteiger partial charge in [-0.15, -0.1) is 0 Å². The van der Waals surface area contributed by atoms with Crippen molar-refractivity contribution in [3.63, 3.8) is 0 Å². The van der Waals surface area contributed by atoms with Crippen LogP contribution in [0.25, 0.3) is 278 Å². The lowest BCUT2D eigenvalue weighted by atomic mass is 10.00. The van der Waals surface area contributed by atoms with Crippen molar-refractivity contribution in [3.05, 3.63) is 406 Å². The maximum absolute atomic E-state index is 6.24. The summed E-state index contributed by atoms with van der Waals surface area (Å²) in [5.41, 5.74) is 20.3. The Kier molecular flexibility index (Phi) is 17.6. The zero-order valence-electron chi connectivity index (χ0n) is 70.2. The van der Waals surface area contributed by atoms with Crippen LogP contribution in [0, 0.1) is 0 Å². The van der Waals surface area contributed by atoms with Gasteiger partial charge in [-0.2, -0.15) is 0 Å². The van der Waals surface area contributed by atoms with Gasteiger partial charge in [0.2, 0.25) is 0 Å². The minimum absolute atomic E-state index is 0.579. The van der Waals surface area contributed by atoms with Gasteiger partial charge in [0, 0.05) is 115 Å². The molecule has 132 heavy (non-hydrogen) atoms. The standard InChI is InChI=1S/C43H25N3O2.2C37H21N3O2/c1-2-10-29-25-30(24-21-26(29)9-1)27-19-22-28(23-20-27)41-44-42(33-13-7-17-37-39(33)31-11-3-5-15-35(31)47-37)46-43(45-41)34-14-8-18-38-40(34)32-12-4-6-16-36(32)48-38;1-2-8-23-19-24(14-13-22(23)7-1)35-38-36(25-15-17-33-29(20-25)27-9-3-5-11-31(27)41-33)40-37(39-35)26-16-18-34-30(21-26)28-10-4-6-12-32(28)42-34;1-2-8-23-19-24(14-13-22(23)7-1)35-38-36(25-15-17-29-27-9-3-5-11-31(27)41-33(29)20-25)40-37(39-35)26-16-18-30-28-10-4-6-12-32(28)42-34(30)21-26/h1-25H;2*1-21H. The second-order valence-electron chi connectivity index (χ2n) is 33.0. The highest BCUT2D eigenvalue weighted by Gasteiger charge is 2.25. The molecule has 616 valence electrons. The second-order valence-corrected chi connectivity index (χ2v) is 33.0. The normalized spacial score (nSPS) is 11.8. The largest absolute Gasteiger partial charge is 0.456 e. The van der Waals surface area contributed by atoms with E-state index in [1.807, 2.05) is 194 Å². The lowest BCUT2D eigenvalue weighted by molar-refractivity contribution is 0.668. The molecule has 0 aliphatic carbocycles. The van der Waals surface area contributed by atoms with E-state index in [4.69, 9.17) is 71.4 Å². The van der Waals surface area contributed by atoms with Crippen LogP contribution in [0.4, 0.5) is 0 Å². The molecule has 0 N–H and O–H groups in total. The van der Waals surface area contributed by atoms with Crippen molar-refractivity contribution in [2.24, 2.45) is 0 Å². The summed E-state index contributed by atoms with van der Waals surface area (Å²) in [5, 5.41) is 19.6. The molecule has 9 aromatic heterocycles. The van der Waals surface area contributed by atoms with Crippen LogP contribution in [0.3, 0.4) is 0 Å². The van der Waals surface area contributed by atoms with Crippen LogP contribution >= 0.6 is 0 Å². The summed E-state index contributed by atoms with van der Waals surface area (Å²) < 4.78 is 37.0. The fourth-order valence-corrected chi connectivity index (χ4v) is 18.5. The molecule has 15 nitrogen and oxygen atoms in total. The van der Waals surface area contributed by atoms with E-state index in [9.17, 15) is 0 Å². The van der Waals surface area contributed by atoms with Crippen molar-refractivity contribution >= 4 is 164 Å². The smallest absolute Gasteiger partial charge is 0.164 e. The monoisotopic (exact) mass is 1690 g/mol. The molecule has 0 bridgehead atoms. The summed E-state index contributed by atoms with van der Waals surface area (Å²) in [6, 6.07) is 138. The quantitative estimate of drug-likeness (QED) is 0.125. The number of aromatic nitrogens is 9. The molecule has 19 aromatic carbocycles. The number of hydrogen-bond acceptors (Lipinski definition) is 15. The third kappa shape index (κ3) is 13.3. The minimum atomic E-state index is 0.579. The molecule has 28 aromatic rings. The predicted molar refractivity (Wildman–Crippen MR) is 530 cm³/mol. The molecule has 0 saturated heterocycles. The lowest BCUT2D eigenvalue weighted by Gasteiger charge is -2.11. The van der Waals surface area contributed by atoms with Gasteiger partial charge in [0.25, 0.3) is 0 Å². The Labute approximate surface area is 750 Å². The maximum atomic E-state index is 6.24. The van der Waals surface area contributed by atoms with E-state index >= 15 is 0 Å². The summed E-state index contributed by atoms with van der Waals surface area (Å²) in [6.07, 6.45) is 0. The van der Waals surface area contributed by atoms with Gasteiger partial charge in [-0.1, -0.05) is 279 Å². The zero-order valence-corrected chi connectivity index (χ0v) is 70.2. The van der Waals surface area contributed by atoms with Crippen LogP contribution in [-0.2, 0) is 0 Å². The number of hydrogen-bond donors (Lipinski definition) is 0. The van der Waals surface area contributed by atoms with Gasteiger partial charge in [0.05, 0.1) is 0 Å². The summed E-state index contributed by atoms with van der Waals surface area (Å²) in [5.74, 6) is 5.34. The average molecular weight is 1690 g/mol. The van der Waals surface area contributed by atoms with E-state index in [1.54, 1.807) is 0 Å². The van der Waals surface area contributed by atoms with Gasteiger partial charge in [-0.05, 0) is 171 Å². The van der Waals surface area contributed by atoms with Crippen LogP contribution < -0.4 is 0 Å². The Bertz CT molecular complexity index is 9160. The third-order valence-electron chi connectivity index (χ3n) is 25.0. The number of furan rings is 6. The molecule has 0 aliphatic heterocycles. The fraction of sp³-hybridized carbons (Fsp3) is 0. The van der Waals surface area contributed by atoms with Crippen LogP contribution in [0.1, 0.15) is 0 Å². The Morgan fingerprint density at radius 2 is 0.356 bits per heavy atom. The van der Waals surface area contributed by atoms with Gasteiger partial charge in [0.1, 0.15) is 67.0 Å². The summed E-state index contributed by atoms with van der Waals surface area (Å²) >= 11 is 0. The van der Waals surface area contributed by atoms with E-state index in [-0.39, 0.29) is 0 Å². The van der Waals surface area contributed by atoms with Crippen molar-refractivity contribution in [1.29, 1.82) is 0 Å². The topological polar surface area (TPSA) is 195 Å². The van der Waals surface area contributed by atoms with Gasteiger partial charge in [-0.3, -0.25) is 0 Å². The van der Waals surface area contributed by atoms with Crippen LogP contribution in [0.15, 0.2) is 433 Å². The number of fused-ring (bicyclic) bond motifs is 21. The Morgan fingerprint density at radius 1 is 0.121 bits per heavy atom. The van der Waals surface area contributed by atoms with Crippen molar-refractivity contribution in [2.45, 2.75) is 0 Å². The van der Waals surface area contributed by atoms with Crippen LogP contribution in [0.5, 0.6) is 0 Å². The predicted octanol–water partition coefficient (Wildman–Crippen LogP) is 31.1. The number of benzene rings is 19. The molecule has 9 heterocycles. The first-order valence-corrected chi connectivity index (χ1v) is 43.6. The van der Waals surface area contributed by atoms with Crippen molar-refractivity contribution in [2.75, 3.05) is 0 Å². The summed E-state index contributed by atoms with van der Waals surface area (Å²) in [6.45, 7) is 0. The Hall–Kier alpha value is -18.2. The molecule has 15 heteroatoms.